The fourth-order valence-corrected chi connectivity index (χ4v) is 6.04. The second-order valence-corrected chi connectivity index (χ2v) is 13.7. The van der Waals surface area contributed by atoms with Gasteiger partial charge in [-0.15, -0.1) is 0 Å². The molecule has 0 fully saturated rings. The van der Waals surface area contributed by atoms with Crippen molar-refractivity contribution in [2.45, 2.75) is 83.1 Å². The number of benzene rings is 2. The quantitative estimate of drug-likeness (QED) is 0.383. The zero-order valence-corrected chi connectivity index (χ0v) is 27.8. The molecular formula is C32H47FN4O7S. The number of sulfonamides is 1. The van der Waals surface area contributed by atoms with Gasteiger partial charge in [-0.3, -0.25) is 9.52 Å². The molecule has 11 nitrogen and oxygen atoms in total. The third-order valence-electron chi connectivity index (χ3n) is 7.64. The van der Waals surface area contributed by atoms with Crippen molar-refractivity contribution in [2.75, 3.05) is 38.1 Å². The van der Waals surface area contributed by atoms with Gasteiger partial charge < -0.3 is 29.7 Å². The number of nitrogens with zero attached hydrogens (tertiary/aromatic N) is 2. The van der Waals surface area contributed by atoms with E-state index in [0.29, 0.717) is 19.6 Å². The van der Waals surface area contributed by atoms with Crippen molar-refractivity contribution in [3.8, 4) is 5.75 Å². The highest BCUT2D eigenvalue weighted by Gasteiger charge is 2.31. The van der Waals surface area contributed by atoms with Crippen LogP contribution in [0, 0.1) is 11.7 Å². The fourth-order valence-electron chi connectivity index (χ4n) is 4.99. The topological polar surface area (TPSA) is 138 Å². The van der Waals surface area contributed by atoms with Crippen LogP contribution in [-0.2, 0) is 14.8 Å². The van der Waals surface area contributed by atoms with Crippen LogP contribution in [0.3, 0.4) is 0 Å². The number of ether oxygens (including phenoxy) is 2. The number of aliphatic hydroxyl groups excluding tert-OH is 1. The Kier molecular flexibility index (Phi) is 13.0. The highest BCUT2D eigenvalue weighted by atomic mass is 32.2. The van der Waals surface area contributed by atoms with E-state index in [1.807, 2.05) is 27.7 Å². The van der Waals surface area contributed by atoms with Gasteiger partial charge in [0, 0.05) is 44.4 Å². The summed E-state index contributed by atoms with van der Waals surface area (Å²) in [6.45, 7) is 9.95. The summed E-state index contributed by atoms with van der Waals surface area (Å²) in [6, 6.07) is 8.03. The number of carbonyl (C=O) groups excluding carboxylic acids is 2. The van der Waals surface area contributed by atoms with Gasteiger partial charge in [0.25, 0.3) is 15.9 Å². The number of nitrogens with one attached hydrogen (secondary N) is 2. The smallest absolute Gasteiger partial charge is 0.317 e. The molecule has 0 saturated carbocycles. The zero-order valence-electron chi connectivity index (χ0n) is 27.0. The van der Waals surface area contributed by atoms with Crippen LogP contribution in [0.25, 0.3) is 0 Å². The van der Waals surface area contributed by atoms with Crippen LogP contribution in [0.15, 0.2) is 47.4 Å². The Morgan fingerprint density at radius 2 is 1.82 bits per heavy atom. The molecule has 4 atom stereocenters. The minimum absolute atomic E-state index is 0.0323. The van der Waals surface area contributed by atoms with Crippen LogP contribution in [-0.4, -0.2) is 92.9 Å². The number of fused-ring (bicyclic) bond motifs is 1. The van der Waals surface area contributed by atoms with Gasteiger partial charge in [0.15, 0.2) is 0 Å². The maximum atomic E-state index is 14.2. The van der Waals surface area contributed by atoms with Crippen LogP contribution in [0.2, 0.25) is 0 Å². The molecule has 2 aromatic carbocycles. The number of hydrogen-bond acceptors (Lipinski definition) is 7. The molecule has 0 saturated heterocycles. The first-order valence-corrected chi connectivity index (χ1v) is 16.8. The summed E-state index contributed by atoms with van der Waals surface area (Å²) in [7, 11) is -2.39. The van der Waals surface area contributed by atoms with Crippen molar-refractivity contribution in [1.29, 1.82) is 0 Å². The molecule has 0 bridgehead atoms. The number of halogens is 1. The SMILES string of the molecule is CC(C)NC(=O)N(C)C[C@@H]1OCCCC[C@@H](C)Oc2ccc(NS(=O)(=O)c3ccc(F)cc3)cc2C(=O)N([C@@H](C)CO)C[C@@H]1C. The summed E-state index contributed by atoms with van der Waals surface area (Å²) in [6.07, 6.45) is 1.60. The molecule has 0 unspecified atom stereocenters. The number of amides is 3. The molecule has 0 aromatic heterocycles. The molecular weight excluding hydrogens is 603 g/mol. The minimum atomic E-state index is -4.09. The maximum Gasteiger partial charge on any atom is 0.317 e. The van der Waals surface area contributed by atoms with Crippen molar-refractivity contribution >= 4 is 27.6 Å². The molecule has 3 amide bonds. The number of aliphatic hydroxyl groups is 1. The van der Waals surface area contributed by atoms with Crippen molar-refractivity contribution < 1.29 is 37.0 Å². The van der Waals surface area contributed by atoms with Gasteiger partial charge in [-0.2, -0.15) is 0 Å². The predicted molar refractivity (Wildman–Crippen MR) is 170 cm³/mol. The van der Waals surface area contributed by atoms with Crippen LogP contribution in [0.4, 0.5) is 14.9 Å². The lowest BCUT2D eigenvalue weighted by Gasteiger charge is -2.36. The van der Waals surface area contributed by atoms with Crippen LogP contribution < -0.4 is 14.8 Å². The number of anilines is 1. The normalized spacial score (nSPS) is 20.9. The first-order chi connectivity index (χ1) is 21.2. The van der Waals surface area contributed by atoms with Crippen molar-refractivity contribution in [3.63, 3.8) is 0 Å². The van der Waals surface area contributed by atoms with Crippen molar-refractivity contribution in [1.82, 2.24) is 15.1 Å². The highest BCUT2D eigenvalue weighted by molar-refractivity contribution is 7.92. The molecule has 3 N–H and O–H groups in total. The average Bonchev–Trinajstić information content (AvgIpc) is 2.98. The third-order valence-corrected chi connectivity index (χ3v) is 9.04. The molecule has 0 spiro atoms. The number of likely N-dealkylation sites (N-methyl/N-ethyl adjacent to an activating group) is 1. The molecule has 0 aliphatic carbocycles. The molecule has 0 radical (unpaired) electrons. The molecule has 1 aliphatic rings. The summed E-state index contributed by atoms with van der Waals surface area (Å²) < 4.78 is 54.5. The van der Waals surface area contributed by atoms with E-state index in [1.165, 1.54) is 17.0 Å². The summed E-state index contributed by atoms with van der Waals surface area (Å²) in [5, 5.41) is 13.0. The Morgan fingerprint density at radius 1 is 1.13 bits per heavy atom. The van der Waals surface area contributed by atoms with Gasteiger partial charge in [-0.25, -0.2) is 17.6 Å². The van der Waals surface area contributed by atoms with E-state index in [-0.39, 0.29) is 59.1 Å². The fraction of sp³-hybridized carbons (Fsp3) is 0.562. The molecule has 2 aromatic rings. The lowest BCUT2D eigenvalue weighted by Crippen LogP contribution is -2.49. The van der Waals surface area contributed by atoms with E-state index < -0.39 is 33.9 Å². The second-order valence-electron chi connectivity index (χ2n) is 12.1. The summed E-state index contributed by atoms with van der Waals surface area (Å²) in [5.74, 6) is -0.990. The van der Waals surface area contributed by atoms with Gasteiger partial charge >= 0.3 is 6.03 Å². The number of carbonyl (C=O) groups is 2. The van der Waals surface area contributed by atoms with Gasteiger partial charge in [-0.1, -0.05) is 6.92 Å². The van der Waals surface area contributed by atoms with Gasteiger partial charge in [0.1, 0.15) is 11.6 Å². The lowest BCUT2D eigenvalue weighted by atomic mass is 10.0. The maximum absolute atomic E-state index is 14.2. The van der Waals surface area contributed by atoms with E-state index in [1.54, 1.807) is 24.9 Å². The minimum Gasteiger partial charge on any atom is -0.490 e. The van der Waals surface area contributed by atoms with E-state index in [9.17, 15) is 27.5 Å². The molecule has 1 aliphatic heterocycles. The summed E-state index contributed by atoms with van der Waals surface area (Å²) >= 11 is 0. The third kappa shape index (κ3) is 10.3. The Morgan fingerprint density at radius 3 is 2.47 bits per heavy atom. The molecule has 250 valence electrons. The largest absolute Gasteiger partial charge is 0.490 e. The van der Waals surface area contributed by atoms with Crippen molar-refractivity contribution in [3.05, 3.63) is 53.8 Å². The zero-order chi connectivity index (χ0) is 33.3. The van der Waals surface area contributed by atoms with Gasteiger partial charge in [0.05, 0.1) is 35.3 Å². The molecule has 45 heavy (non-hydrogen) atoms. The Labute approximate surface area is 266 Å². The van der Waals surface area contributed by atoms with E-state index >= 15 is 0 Å². The van der Waals surface area contributed by atoms with E-state index in [2.05, 4.69) is 10.0 Å². The van der Waals surface area contributed by atoms with Crippen LogP contribution in [0.1, 0.15) is 64.2 Å². The van der Waals surface area contributed by atoms with Crippen LogP contribution in [0.5, 0.6) is 5.75 Å². The lowest BCUT2D eigenvalue weighted by molar-refractivity contribution is -0.0122. The Hall–Kier alpha value is -3.42. The van der Waals surface area contributed by atoms with Crippen LogP contribution >= 0.6 is 0 Å². The van der Waals surface area contributed by atoms with Gasteiger partial charge in [-0.05, 0) is 89.4 Å². The standard InChI is InChI=1S/C32H47FN4O7S/c1-21(2)34-32(40)36(6)19-30-22(3)18-37(23(4)20-38)31(39)28-17-26(35-45(41,42)27-13-10-25(33)11-14-27)12-15-29(28)44-24(5)9-7-8-16-43-30/h10-15,17,21-24,30,35,38H,7-9,16,18-20H2,1-6H3,(H,34,40)/t22-,23-,24+,30-/m0/s1. The molecule has 1 heterocycles. The summed E-state index contributed by atoms with van der Waals surface area (Å²) in [5.41, 5.74) is 0.240. The highest BCUT2D eigenvalue weighted by Crippen LogP contribution is 2.29. The number of rotatable bonds is 8. The molecule has 3 rings (SSSR count). The van der Waals surface area contributed by atoms with Gasteiger partial charge in [0.2, 0.25) is 0 Å². The number of urea groups is 1. The van der Waals surface area contributed by atoms with Crippen molar-refractivity contribution in [2.24, 2.45) is 5.92 Å². The number of hydrogen-bond donors (Lipinski definition) is 3. The average molecular weight is 651 g/mol. The molecule has 13 heteroatoms. The predicted octanol–water partition coefficient (Wildman–Crippen LogP) is 4.47. The first-order valence-electron chi connectivity index (χ1n) is 15.4. The van der Waals surface area contributed by atoms with E-state index in [0.717, 1.165) is 37.1 Å². The Balaban J connectivity index is 1.98. The van der Waals surface area contributed by atoms with E-state index in [4.69, 9.17) is 9.47 Å². The summed E-state index contributed by atoms with van der Waals surface area (Å²) in [4.78, 5) is 29.9. The first kappa shape index (κ1) is 36.1. The monoisotopic (exact) mass is 650 g/mol. The second kappa shape index (κ2) is 16.2. The Bertz CT molecular complexity index is 1390.